The quantitative estimate of drug-likeness (QED) is 0.346. The zero-order chi connectivity index (χ0) is 26.8. The number of nitrogens with one attached hydrogen (secondary N) is 2. The van der Waals surface area contributed by atoms with Gasteiger partial charge >= 0.3 is 11.7 Å². The molecule has 9 heteroatoms. The molecule has 3 aromatic carbocycles. The number of allylic oxidation sites excluding steroid dienone is 1. The summed E-state index contributed by atoms with van der Waals surface area (Å²) in [6, 6.07) is 22.8. The summed E-state index contributed by atoms with van der Waals surface area (Å²) in [5.74, 6) is -1.04. The van der Waals surface area contributed by atoms with Crippen LogP contribution in [0.3, 0.4) is 0 Å². The number of aromatic nitrogens is 2. The molecular weight excluding hydrogens is 487 g/mol. The van der Waals surface area contributed by atoms with Crippen LogP contribution in [0.1, 0.15) is 24.0 Å². The number of fused-ring (bicyclic) bond motifs is 1. The molecule has 192 valence electrons. The number of anilines is 3. The van der Waals surface area contributed by atoms with Crippen molar-refractivity contribution in [1.29, 1.82) is 0 Å². The number of nitrogens with zero attached hydrogens (tertiary/aromatic N) is 2. The smallest absolute Gasteiger partial charge is 0.355 e. The van der Waals surface area contributed by atoms with E-state index in [4.69, 9.17) is 9.47 Å². The molecule has 0 aliphatic carbocycles. The van der Waals surface area contributed by atoms with E-state index >= 15 is 0 Å². The van der Waals surface area contributed by atoms with Crippen molar-refractivity contribution >= 4 is 23.3 Å². The number of carbonyl (C=O) groups is 1. The van der Waals surface area contributed by atoms with Crippen molar-refractivity contribution in [3.05, 3.63) is 118 Å². The Bertz CT molecular complexity index is 1600. The summed E-state index contributed by atoms with van der Waals surface area (Å²) >= 11 is 0. The maximum atomic E-state index is 14.5. The lowest BCUT2D eigenvalue weighted by Crippen LogP contribution is -2.33. The Kier molecular flexibility index (Phi) is 6.66. The summed E-state index contributed by atoms with van der Waals surface area (Å²) in [6.45, 7) is 1.76. The van der Waals surface area contributed by atoms with Crippen molar-refractivity contribution in [2.24, 2.45) is 0 Å². The van der Waals surface area contributed by atoms with Gasteiger partial charge in [0.25, 0.3) is 0 Å². The molecule has 1 aliphatic heterocycles. The number of halogens is 1. The van der Waals surface area contributed by atoms with Gasteiger partial charge in [0.2, 0.25) is 0 Å². The Labute approximate surface area is 218 Å². The highest BCUT2D eigenvalue weighted by atomic mass is 19.1. The number of ether oxygens (including phenoxy) is 2. The van der Waals surface area contributed by atoms with Crippen LogP contribution in [0.5, 0.6) is 5.75 Å². The number of para-hydroxylation sites is 1. The number of hydrogen-bond donors (Lipinski definition) is 2. The molecule has 0 spiro atoms. The molecule has 5 rings (SSSR count). The third-order valence-electron chi connectivity index (χ3n) is 6.39. The SMILES string of the molecule is COC(=O)C1=C(C)Nc2c(c(Nc3ccc(OC)c(F)c3)nc(=O)n2-c2ccccc2)C1c1ccccc1. The molecule has 0 radical (unpaired) electrons. The van der Waals surface area contributed by atoms with Gasteiger partial charge in [-0.25, -0.2) is 18.5 Å². The second kappa shape index (κ2) is 10.2. The van der Waals surface area contributed by atoms with E-state index in [0.29, 0.717) is 34.0 Å². The summed E-state index contributed by atoms with van der Waals surface area (Å²) in [5, 5.41) is 6.36. The van der Waals surface area contributed by atoms with Crippen LogP contribution in [0.25, 0.3) is 5.69 Å². The molecule has 0 saturated carbocycles. The molecule has 0 bridgehead atoms. The second-order valence-corrected chi connectivity index (χ2v) is 8.65. The van der Waals surface area contributed by atoms with Crippen molar-refractivity contribution in [3.63, 3.8) is 0 Å². The van der Waals surface area contributed by atoms with Crippen molar-refractivity contribution in [2.75, 3.05) is 24.9 Å². The average molecular weight is 513 g/mol. The predicted molar refractivity (Wildman–Crippen MR) is 143 cm³/mol. The van der Waals surface area contributed by atoms with Crippen LogP contribution in [0.15, 0.2) is 94.9 Å². The Morgan fingerprint density at radius 2 is 1.71 bits per heavy atom. The summed E-state index contributed by atoms with van der Waals surface area (Å²) in [7, 11) is 2.70. The highest BCUT2D eigenvalue weighted by molar-refractivity contribution is 5.95. The normalized spacial score (nSPS) is 14.4. The third-order valence-corrected chi connectivity index (χ3v) is 6.39. The number of methoxy groups -OCH3 is 2. The van der Waals surface area contributed by atoms with Crippen molar-refractivity contribution in [1.82, 2.24) is 9.55 Å². The molecule has 1 unspecified atom stereocenters. The van der Waals surface area contributed by atoms with E-state index in [1.54, 1.807) is 25.1 Å². The summed E-state index contributed by atoms with van der Waals surface area (Å²) in [5.41, 5.74) is 2.62. The highest BCUT2D eigenvalue weighted by Crippen LogP contribution is 2.45. The van der Waals surface area contributed by atoms with E-state index in [2.05, 4.69) is 15.6 Å². The zero-order valence-corrected chi connectivity index (χ0v) is 21.0. The molecule has 8 nitrogen and oxygen atoms in total. The van der Waals surface area contributed by atoms with E-state index in [1.807, 2.05) is 48.5 Å². The number of benzene rings is 3. The Hall–Kier alpha value is -4.92. The van der Waals surface area contributed by atoms with Gasteiger partial charge in [-0.2, -0.15) is 4.98 Å². The van der Waals surface area contributed by atoms with Crippen LogP contribution in [-0.2, 0) is 9.53 Å². The molecule has 4 aromatic rings. The maximum absolute atomic E-state index is 14.5. The molecule has 0 amide bonds. The topological polar surface area (TPSA) is 94.5 Å². The molecule has 1 aliphatic rings. The Morgan fingerprint density at radius 3 is 2.34 bits per heavy atom. The monoisotopic (exact) mass is 512 g/mol. The molecule has 1 atom stereocenters. The van der Waals surface area contributed by atoms with Crippen LogP contribution < -0.4 is 21.1 Å². The van der Waals surface area contributed by atoms with E-state index in [0.717, 1.165) is 5.56 Å². The Morgan fingerprint density at radius 1 is 1.03 bits per heavy atom. The summed E-state index contributed by atoms with van der Waals surface area (Å²) in [6.07, 6.45) is 0. The lowest BCUT2D eigenvalue weighted by molar-refractivity contribution is -0.136. The largest absolute Gasteiger partial charge is 0.494 e. The average Bonchev–Trinajstić information content (AvgIpc) is 2.93. The summed E-state index contributed by atoms with van der Waals surface area (Å²) in [4.78, 5) is 30.9. The van der Waals surface area contributed by atoms with Crippen LogP contribution in [-0.4, -0.2) is 29.7 Å². The first-order valence-corrected chi connectivity index (χ1v) is 11.9. The van der Waals surface area contributed by atoms with Crippen LogP contribution in [0.4, 0.5) is 21.7 Å². The van der Waals surface area contributed by atoms with Gasteiger partial charge in [0, 0.05) is 23.0 Å². The fourth-order valence-electron chi connectivity index (χ4n) is 4.69. The van der Waals surface area contributed by atoms with Gasteiger partial charge in [-0.05, 0) is 36.8 Å². The van der Waals surface area contributed by atoms with Gasteiger partial charge in [-0.1, -0.05) is 48.5 Å². The minimum atomic E-state index is -0.645. The lowest BCUT2D eigenvalue weighted by atomic mass is 9.81. The fraction of sp³-hybridized carbons (Fsp3) is 0.138. The van der Waals surface area contributed by atoms with Crippen molar-refractivity contribution in [3.8, 4) is 11.4 Å². The van der Waals surface area contributed by atoms with Crippen molar-refractivity contribution < 1.29 is 18.7 Å². The van der Waals surface area contributed by atoms with E-state index < -0.39 is 23.4 Å². The molecule has 2 N–H and O–H groups in total. The highest BCUT2D eigenvalue weighted by Gasteiger charge is 2.37. The lowest BCUT2D eigenvalue weighted by Gasteiger charge is -2.32. The van der Waals surface area contributed by atoms with Gasteiger partial charge in [0.1, 0.15) is 11.6 Å². The standard InChI is InChI=1S/C29H25FN4O4/c1-17-23(28(35)38-3)24(18-10-6-4-7-11-18)25-26(32-19-14-15-22(37-2)21(30)16-19)33-29(36)34(27(25)31-17)20-12-8-5-9-13-20/h4-16,24,31H,1-3H3,(H,32,33,36). The number of hydrogen-bond acceptors (Lipinski definition) is 7. The van der Waals surface area contributed by atoms with Crippen LogP contribution >= 0.6 is 0 Å². The summed E-state index contributed by atoms with van der Waals surface area (Å²) < 4.78 is 26.2. The second-order valence-electron chi connectivity index (χ2n) is 8.65. The molecular formula is C29H25FN4O4. The van der Waals surface area contributed by atoms with E-state index in [9.17, 15) is 14.0 Å². The predicted octanol–water partition coefficient (Wildman–Crippen LogP) is 5.13. The molecule has 0 fully saturated rings. The van der Waals surface area contributed by atoms with Gasteiger partial charge < -0.3 is 20.1 Å². The van der Waals surface area contributed by atoms with Gasteiger partial charge in [-0.15, -0.1) is 0 Å². The third kappa shape index (κ3) is 4.39. The van der Waals surface area contributed by atoms with Crippen LogP contribution in [0, 0.1) is 5.82 Å². The molecule has 2 heterocycles. The first kappa shape index (κ1) is 24.8. The first-order valence-electron chi connectivity index (χ1n) is 11.9. The minimum absolute atomic E-state index is 0.0837. The molecule has 1 aromatic heterocycles. The molecule has 38 heavy (non-hydrogen) atoms. The number of rotatable bonds is 6. The molecule has 0 saturated heterocycles. The number of carbonyl (C=O) groups excluding carboxylic acids is 1. The van der Waals surface area contributed by atoms with Gasteiger partial charge in [0.05, 0.1) is 31.4 Å². The van der Waals surface area contributed by atoms with Gasteiger partial charge in [-0.3, -0.25) is 0 Å². The van der Waals surface area contributed by atoms with Gasteiger partial charge in [0.15, 0.2) is 11.6 Å². The van der Waals surface area contributed by atoms with Crippen LogP contribution in [0.2, 0.25) is 0 Å². The first-order chi connectivity index (χ1) is 18.4. The Balaban J connectivity index is 1.81. The van der Waals surface area contributed by atoms with E-state index in [1.165, 1.54) is 30.9 Å². The minimum Gasteiger partial charge on any atom is -0.494 e. The van der Waals surface area contributed by atoms with E-state index in [-0.39, 0.29) is 11.6 Å². The zero-order valence-electron chi connectivity index (χ0n) is 21.0. The number of esters is 1. The maximum Gasteiger partial charge on any atom is 0.355 e. The fourth-order valence-corrected chi connectivity index (χ4v) is 4.69. The van der Waals surface area contributed by atoms with Crippen molar-refractivity contribution in [2.45, 2.75) is 12.8 Å².